The molecule has 1 unspecified atom stereocenters. The van der Waals surface area contributed by atoms with Crippen molar-refractivity contribution in [3.63, 3.8) is 0 Å². The standard InChI is InChI=1S/C13H18N2O3.ClH/c1-18-11-4-2-3-9(5-11)12(16)8-15-13(17)10-6-14-7-10;/h2-5,10,12,14,16H,6-8H2,1H3,(H,15,17);1H. The van der Waals surface area contributed by atoms with Gasteiger partial charge in [0, 0.05) is 19.6 Å². The Morgan fingerprint density at radius 2 is 2.32 bits per heavy atom. The number of carbonyl (C=O) groups excluding carboxylic acids is 1. The quantitative estimate of drug-likeness (QED) is 0.737. The maximum atomic E-state index is 11.6. The predicted molar refractivity (Wildman–Crippen MR) is 74.6 cm³/mol. The Morgan fingerprint density at radius 3 is 2.89 bits per heavy atom. The monoisotopic (exact) mass is 286 g/mol. The Bertz CT molecular complexity index is 424. The Hall–Kier alpha value is -1.30. The maximum absolute atomic E-state index is 11.6. The van der Waals surface area contributed by atoms with Crippen molar-refractivity contribution < 1.29 is 14.6 Å². The molecule has 1 aromatic rings. The minimum absolute atomic E-state index is 0. The van der Waals surface area contributed by atoms with Crippen LogP contribution in [-0.2, 0) is 4.79 Å². The average Bonchev–Trinajstić information content (AvgIpc) is 2.34. The second-order valence-electron chi connectivity index (χ2n) is 4.39. The van der Waals surface area contributed by atoms with Crippen LogP contribution < -0.4 is 15.4 Å². The molecule has 19 heavy (non-hydrogen) atoms. The van der Waals surface area contributed by atoms with Crippen molar-refractivity contribution in [3.8, 4) is 5.75 Å². The summed E-state index contributed by atoms with van der Waals surface area (Å²) in [6.45, 7) is 1.67. The lowest BCUT2D eigenvalue weighted by Crippen LogP contribution is -2.51. The molecule has 0 bridgehead atoms. The Labute approximate surface area is 118 Å². The molecule has 1 heterocycles. The van der Waals surface area contributed by atoms with Crippen LogP contribution in [0.4, 0.5) is 0 Å². The highest BCUT2D eigenvalue weighted by molar-refractivity contribution is 5.85. The van der Waals surface area contributed by atoms with Crippen LogP contribution in [0.25, 0.3) is 0 Å². The van der Waals surface area contributed by atoms with Gasteiger partial charge >= 0.3 is 0 Å². The van der Waals surface area contributed by atoms with Gasteiger partial charge in [-0.2, -0.15) is 0 Å². The van der Waals surface area contributed by atoms with Crippen LogP contribution in [0, 0.1) is 5.92 Å². The van der Waals surface area contributed by atoms with Gasteiger partial charge in [-0.25, -0.2) is 0 Å². The molecule has 0 radical (unpaired) electrons. The highest BCUT2D eigenvalue weighted by Crippen LogP contribution is 2.18. The fourth-order valence-corrected chi connectivity index (χ4v) is 1.78. The van der Waals surface area contributed by atoms with Crippen LogP contribution in [0.5, 0.6) is 5.75 Å². The summed E-state index contributed by atoms with van der Waals surface area (Å²) in [6.07, 6.45) is -0.711. The van der Waals surface area contributed by atoms with Gasteiger partial charge in [-0.3, -0.25) is 4.79 Å². The number of aliphatic hydroxyl groups is 1. The summed E-state index contributed by atoms with van der Waals surface area (Å²) >= 11 is 0. The first-order valence-electron chi connectivity index (χ1n) is 6.01. The van der Waals surface area contributed by atoms with E-state index < -0.39 is 6.10 Å². The van der Waals surface area contributed by atoms with Gasteiger partial charge in [0.05, 0.1) is 19.1 Å². The first-order chi connectivity index (χ1) is 8.70. The first kappa shape index (κ1) is 15.8. The van der Waals surface area contributed by atoms with Gasteiger partial charge in [0.25, 0.3) is 0 Å². The smallest absolute Gasteiger partial charge is 0.225 e. The second-order valence-corrected chi connectivity index (χ2v) is 4.39. The van der Waals surface area contributed by atoms with Crippen LogP contribution in [0.15, 0.2) is 24.3 Å². The fraction of sp³-hybridized carbons (Fsp3) is 0.462. The minimum atomic E-state index is -0.711. The molecule has 0 aliphatic carbocycles. The lowest BCUT2D eigenvalue weighted by atomic mass is 10.0. The second kappa shape index (κ2) is 7.33. The minimum Gasteiger partial charge on any atom is -0.497 e. The highest BCUT2D eigenvalue weighted by Gasteiger charge is 2.24. The van der Waals surface area contributed by atoms with Gasteiger partial charge < -0.3 is 20.5 Å². The highest BCUT2D eigenvalue weighted by atomic mass is 35.5. The van der Waals surface area contributed by atoms with E-state index in [2.05, 4.69) is 10.6 Å². The van der Waals surface area contributed by atoms with Crippen molar-refractivity contribution in [1.29, 1.82) is 0 Å². The molecule has 1 saturated heterocycles. The number of ether oxygens (including phenoxy) is 1. The van der Waals surface area contributed by atoms with Crippen LogP contribution in [0.1, 0.15) is 11.7 Å². The van der Waals surface area contributed by atoms with Gasteiger partial charge in [-0.1, -0.05) is 12.1 Å². The molecule has 2 rings (SSSR count). The number of amides is 1. The normalized spacial score (nSPS) is 15.9. The zero-order valence-electron chi connectivity index (χ0n) is 10.8. The van der Waals surface area contributed by atoms with Crippen LogP contribution in [0.2, 0.25) is 0 Å². The van der Waals surface area contributed by atoms with E-state index in [1.165, 1.54) is 0 Å². The largest absolute Gasteiger partial charge is 0.497 e. The molecule has 1 amide bonds. The molecular weight excluding hydrogens is 268 g/mol. The van der Waals surface area contributed by atoms with Gasteiger partial charge in [0.2, 0.25) is 5.91 Å². The maximum Gasteiger partial charge on any atom is 0.225 e. The number of carbonyl (C=O) groups is 1. The van der Waals surface area contributed by atoms with Gasteiger partial charge in [0.15, 0.2) is 0 Å². The summed E-state index contributed by atoms with van der Waals surface area (Å²) in [7, 11) is 1.58. The zero-order chi connectivity index (χ0) is 13.0. The third kappa shape index (κ3) is 4.09. The molecule has 3 N–H and O–H groups in total. The summed E-state index contributed by atoms with van der Waals surface area (Å²) in [5.41, 5.74) is 0.737. The fourth-order valence-electron chi connectivity index (χ4n) is 1.78. The summed E-state index contributed by atoms with van der Waals surface area (Å²) < 4.78 is 5.09. The molecular formula is C13H19ClN2O3. The third-order valence-corrected chi connectivity index (χ3v) is 3.10. The van der Waals surface area contributed by atoms with Crippen molar-refractivity contribution in [1.82, 2.24) is 10.6 Å². The molecule has 1 aliphatic rings. The Balaban J connectivity index is 0.00000180. The molecule has 0 saturated carbocycles. The summed E-state index contributed by atoms with van der Waals surface area (Å²) in [4.78, 5) is 11.6. The van der Waals surface area contributed by atoms with Crippen molar-refractivity contribution in [2.45, 2.75) is 6.10 Å². The lowest BCUT2D eigenvalue weighted by Gasteiger charge is -2.26. The summed E-state index contributed by atoms with van der Waals surface area (Å²) in [6, 6.07) is 7.20. The molecule has 0 spiro atoms. The molecule has 1 fully saturated rings. The number of hydrogen-bond acceptors (Lipinski definition) is 4. The number of nitrogens with one attached hydrogen (secondary N) is 2. The molecule has 0 aromatic heterocycles. The van der Waals surface area contributed by atoms with E-state index in [0.29, 0.717) is 5.75 Å². The van der Waals surface area contributed by atoms with E-state index in [4.69, 9.17) is 4.74 Å². The van der Waals surface area contributed by atoms with Crippen LogP contribution >= 0.6 is 12.4 Å². The molecule has 1 aromatic carbocycles. The Kier molecular flexibility index (Phi) is 6.08. The lowest BCUT2D eigenvalue weighted by molar-refractivity contribution is -0.126. The van der Waals surface area contributed by atoms with Crippen molar-refractivity contribution >= 4 is 18.3 Å². The van der Waals surface area contributed by atoms with E-state index >= 15 is 0 Å². The van der Waals surface area contributed by atoms with E-state index in [1.54, 1.807) is 13.2 Å². The van der Waals surface area contributed by atoms with Gasteiger partial charge in [0.1, 0.15) is 5.75 Å². The Morgan fingerprint density at radius 1 is 1.58 bits per heavy atom. The van der Waals surface area contributed by atoms with Gasteiger partial charge in [-0.05, 0) is 17.7 Å². The number of hydrogen-bond donors (Lipinski definition) is 3. The number of methoxy groups -OCH3 is 1. The average molecular weight is 287 g/mol. The molecule has 106 valence electrons. The van der Waals surface area contributed by atoms with E-state index in [0.717, 1.165) is 18.7 Å². The molecule has 6 heteroatoms. The SMILES string of the molecule is COc1cccc(C(O)CNC(=O)C2CNC2)c1.Cl. The van der Waals surface area contributed by atoms with Crippen LogP contribution in [0.3, 0.4) is 0 Å². The zero-order valence-corrected chi connectivity index (χ0v) is 11.6. The number of aliphatic hydroxyl groups excluding tert-OH is 1. The van der Waals surface area contributed by atoms with E-state index in [1.807, 2.05) is 18.2 Å². The van der Waals surface area contributed by atoms with Crippen LogP contribution in [-0.4, -0.2) is 37.8 Å². The third-order valence-electron chi connectivity index (χ3n) is 3.10. The first-order valence-corrected chi connectivity index (χ1v) is 6.01. The van der Waals surface area contributed by atoms with E-state index in [-0.39, 0.29) is 30.8 Å². The van der Waals surface area contributed by atoms with E-state index in [9.17, 15) is 9.90 Å². The summed E-state index contributed by atoms with van der Waals surface area (Å²) in [5.74, 6) is 0.735. The molecule has 1 aliphatic heterocycles. The van der Waals surface area contributed by atoms with Crippen molar-refractivity contribution in [2.24, 2.45) is 5.92 Å². The van der Waals surface area contributed by atoms with Crippen molar-refractivity contribution in [3.05, 3.63) is 29.8 Å². The topological polar surface area (TPSA) is 70.6 Å². The molecule has 5 nitrogen and oxygen atoms in total. The summed E-state index contributed by atoms with van der Waals surface area (Å²) in [5, 5.41) is 15.8. The predicted octanol–water partition coefficient (Wildman–Crippen LogP) is 0.486. The number of benzene rings is 1. The number of rotatable bonds is 5. The van der Waals surface area contributed by atoms with Crippen molar-refractivity contribution in [2.75, 3.05) is 26.7 Å². The number of halogens is 1. The van der Waals surface area contributed by atoms with Gasteiger partial charge in [-0.15, -0.1) is 12.4 Å². The molecule has 1 atom stereocenters.